The Hall–Kier alpha value is -1.93. The van der Waals surface area contributed by atoms with Crippen LogP contribution in [0, 0.1) is 0 Å². The minimum absolute atomic E-state index is 0.000470. The number of anilines is 1. The zero-order valence-electron chi connectivity index (χ0n) is 15.9. The van der Waals surface area contributed by atoms with Gasteiger partial charge in [-0.05, 0) is 50.5 Å². The van der Waals surface area contributed by atoms with Gasteiger partial charge < -0.3 is 10.2 Å². The second-order valence-electron chi connectivity index (χ2n) is 6.87. The molecule has 1 aliphatic rings. The number of fused-ring (bicyclic) bond motifs is 1. The number of sulfonamides is 1. The van der Waals surface area contributed by atoms with Gasteiger partial charge in [-0.2, -0.15) is 4.31 Å². The lowest BCUT2D eigenvalue weighted by Gasteiger charge is -2.21. The van der Waals surface area contributed by atoms with Crippen molar-refractivity contribution in [1.29, 1.82) is 0 Å². The third kappa shape index (κ3) is 4.07. The highest BCUT2D eigenvalue weighted by atomic mass is 32.2. The second-order valence-corrected chi connectivity index (χ2v) is 8.92. The van der Waals surface area contributed by atoms with E-state index in [9.17, 15) is 18.0 Å². The maximum atomic E-state index is 12.8. The Bertz CT molecular complexity index is 807. The predicted molar refractivity (Wildman–Crippen MR) is 100 cm³/mol. The van der Waals surface area contributed by atoms with Crippen LogP contribution in [0.1, 0.15) is 39.7 Å². The summed E-state index contributed by atoms with van der Waals surface area (Å²) in [7, 11) is -2.39. The van der Waals surface area contributed by atoms with Crippen molar-refractivity contribution >= 4 is 27.5 Å². The predicted octanol–water partition coefficient (Wildman–Crippen LogP) is 1.52. The van der Waals surface area contributed by atoms with Crippen molar-refractivity contribution in [3.63, 3.8) is 0 Å². The smallest absolute Gasteiger partial charge is 0.243 e. The first-order valence-corrected chi connectivity index (χ1v) is 10.2. The molecule has 0 aliphatic carbocycles. The molecule has 2 rings (SSSR count). The van der Waals surface area contributed by atoms with Gasteiger partial charge in [0.1, 0.15) is 0 Å². The number of likely N-dealkylation sites (N-methyl/N-ethyl adjacent to an activating group) is 1. The Labute approximate surface area is 155 Å². The van der Waals surface area contributed by atoms with Crippen molar-refractivity contribution in [2.45, 2.75) is 57.5 Å². The van der Waals surface area contributed by atoms with E-state index in [1.54, 1.807) is 17.0 Å². The van der Waals surface area contributed by atoms with Gasteiger partial charge in [0.25, 0.3) is 0 Å². The lowest BCUT2D eigenvalue weighted by Crippen LogP contribution is -2.41. The molecule has 2 amide bonds. The van der Waals surface area contributed by atoms with E-state index >= 15 is 0 Å². The normalized spacial score (nSPS) is 17.9. The summed E-state index contributed by atoms with van der Waals surface area (Å²) in [5.41, 5.74) is 1.58. The molecule has 144 valence electrons. The fraction of sp³-hybridized carbons (Fsp3) is 0.556. The highest BCUT2D eigenvalue weighted by molar-refractivity contribution is 7.89. The van der Waals surface area contributed by atoms with E-state index < -0.39 is 10.0 Å². The van der Waals surface area contributed by atoms with E-state index in [2.05, 4.69) is 5.32 Å². The number of nitrogens with zero attached hydrogens (tertiary/aromatic N) is 2. The van der Waals surface area contributed by atoms with Crippen LogP contribution in [0.25, 0.3) is 0 Å². The highest BCUT2D eigenvalue weighted by Crippen LogP contribution is 2.34. The molecule has 1 heterocycles. The van der Waals surface area contributed by atoms with Crippen LogP contribution in [-0.2, 0) is 26.0 Å². The summed E-state index contributed by atoms with van der Waals surface area (Å²) < 4.78 is 26.6. The number of amides is 2. The molecule has 1 aromatic carbocycles. The van der Waals surface area contributed by atoms with Gasteiger partial charge >= 0.3 is 0 Å². The Kier molecular flexibility index (Phi) is 6.08. The summed E-state index contributed by atoms with van der Waals surface area (Å²) >= 11 is 0. The summed E-state index contributed by atoms with van der Waals surface area (Å²) in [5.74, 6) is -0.395. The van der Waals surface area contributed by atoms with Crippen LogP contribution >= 0.6 is 0 Å². The molecule has 0 saturated carbocycles. The zero-order chi connectivity index (χ0) is 19.6. The molecule has 1 aliphatic heterocycles. The van der Waals surface area contributed by atoms with Crippen LogP contribution in [0.3, 0.4) is 0 Å². The number of carbonyl (C=O) groups is 2. The third-order valence-electron chi connectivity index (χ3n) is 4.70. The lowest BCUT2D eigenvalue weighted by molar-refractivity contribution is -0.121. The molecular weight excluding hydrogens is 354 g/mol. The topological polar surface area (TPSA) is 86.8 Å². The third-order valence-corrected chi connectivity index (χ3v) is 6.50. The van der Waals surface area contributed by atoms with Gasteiger partial charge in [-0.3, -0.25) is 9.59 Å². The molecule has 0 fully saturated rings. The van der Waals surface area contributed by atoms with Crippen molar-refractivity contribution in [2.24, 2.45) is 0 Å². The largest absolute Gasteiger partial charge is 0.353 e. The standard InChI is InChI=1S/C18H27N3O4S/c1-6-12(2)19-18(23)11-20(5)26(24,25)16-7-8-17-15(10-16)9-13(3)21(17)14(4)22/h7-8,10,12-13H,6,9,11H2,1-5H3,(H,19,23). The van der Waals surface area contributed by atoms with E-state index in [0.717, 1.165) is 22.0 Å². The van der Waals surface area contributed by atoms with Crippen LogP contribution in [0.15, 0.2) is 23.1 Å². The molecular formula is C18H27N3O4S. The summed E-state index contributed by atoms with van der Waals surface area (Å²) in [4.78, 5) is 25.6. The van der Waals surface area contributed by atoms with Gasteiger partial charge in [0.05, 0.1) is 11.4 Å². The van der Waals surface area contributed by atoms with Crippen molar-refractivity contribution < 1.29 is 18.0 Å². The number of carbonyl (C=O) groups excluding carboxylic acids is 2. The van der Waals surface area contributed by atoms with Gasteiger partial charge in [0.15, 0.2) is 0 Å². The van der Waals surface area contributed by atoms with E-state index in [1.165, 1.54) is 20.0 Å². The second kappa shape index (κ2) is 7.75. The number of hydrogen-bond acceptors (Lipinski definition) is 4. The highest BCUT2D eigenvalue weighted by Gasteiger charge is 2.31. The van der Waals surface area contributed by atoms with Crippen LogP contribution in [0.4, 0.5) is 5.69 Å². The van der Waals surface area contributed by atoms with Crippen molar-refractivity contribution in [2.75, 3.05) is 18.5 Å². The molecule has 26 heavy (non-hydrogen) atoms. The number of hydrogen-bond donors (Lipinski definition) is 1. The molecule has 8 heteroatoms. The molecule has 2 atom stereocenters. The summed E-state index contributed by atoms with van der Waals surface area (Å²) in [6.45, 7) is 7.01. The number of nitrogens with one attached hydrogen (secondary N) is 1. The molecule has 1 N–H and O–H groups in total. The molecule has 0 spiro atoms. The van der Waals surface area contributed by atoms with Crippen LogP contribution in [0.2, 0.25) is 0 Å². The average Bonchev–Trinajstić information content (AvgIpc) is 2.89. The fourth-order valence-electron chi connectivity index (χ4n) is 3.14. The summed E-state index contributed by atoms with van der Waals surface area (Å²) in [6, 6.07) is 4.76. The van der Waals surface area contributed by atoms with Crippen LogP contribution < -0.4 is 10.2 Å². The minimum atomic E-state index is -3.78. The molecule has 7 nitrogen and oxygen atoms in total. The van der Waals surface area contributed by atoms with Crippen LogP contribution in [0.5, 0.6) is 0 Å². The first-order chi connectivity index (χ1) is 12.1. The maximum absolute atomic E-state index is 12.8. The van der Waals surface area contributed by atoms with Crippen molar-refractivity contribution in [3.05, 3.63) is 23.8 Å². The molecule has 2 unspecified atom stereocenters. The van der Waals surface area contributed by atoms with Gasteiger partial charge in [-0.15, -0.1) is 0 Å². The van der Waals surface area contributed by atoms with E-state index in [4.69, 9.17) is 0 Å². The van der Waals surface area contributed by atoms with Crippen molar-refractivity contribution in [3.8, 4) is 0 Å². The maximum Gasteiger partial charge on any atom is 0.243 e. The Morgan fingerprint density at radius 3 is 2.62 bits per heavy atom. The monoisotopic (exact) mass is 381 g/mol. The first-order valence-electron chi connectivity index (χ1n) is 8.76. The minimum Gasteiger partial charge on any atom is -0.353 e. The molecule has 1 aromatic rings. The van der Waals surface area contributed by atoms with Gasteiger partial charge in [0, 0.05) is 31.7 Å². The molecule has 0 aromatic heterocycles. The van der Waals surface area contributed by atoms with Gasteiger partial charge in [0.2, 0.25) is 21.8 Å². The molecule has 0 saturated heterocycles. The van der Waals surface area contributed by atoms with Gasteiger partial charge in [-0.25, -0.2) is 8.42 Å². The Balaban J connectivity index is 2.21. The number of benzene rings is 1. The molecule has 0 radical (unpaired) electrons. The van der Waals surface area contributed by atoms with Gasteiger partial charge in [-0.1, -0.05) is 6.92 Å². The van der Waals surface area contributed by atoms with Crippen LogP contribution in [-0.4, -0.2) is 50.2 Å². The van der Waals surface area contributed by atoms with Crippen molar-refractivity contribution in [1.82, 2.24) is 9.62 Å². The first kappa shape index (κ1) is 20.4. The van der Waals surface area contributed by atoms with E-state index in [1.807, 2.05) is 20.8 Å². The van der Waals surface area contributed by atoms with E-state index in [-0.39, 0.29) is 35.3 Å². The summed E-state index contributed by atoms with van der Waals surface area (Å²) in [6.07, 6.45) is 1.38. The lowest BCUT2D eigenvalue weighted by atomic mass is 10.1. The fourth-order valence-corrected chi connectivity index (χ4v) is 4.32. The summed E-state index contributed by atoms with van der Waals surface area (Å²) in [5, 5.41) is 2.76. The average molecular weight is 381 g/mol. The zero-order valence-corrected chi connectivity index (χ0v) is 16.8. The Morgan fingerprint density at radius 1 is 1.38 bits per heavy atom. The quantitative estimate of drug-likeness (QED) is 0.809. The molecule has 0 bridgehead atoms. The Morgan fingerprint density at radius 2 is 2.04 bits per heavy atom. The number of rotatable bonds is 6. The SMILES string of the molecule is CCC(C)NC(=O)CN(C)S(=O)(=O)c1ccc2c(c1)CC(C)N2C(C)=O. The van der Waals surface area contributed by atoms with E-state index in [0.29, 0.717) is 6.42 Å².